The van der Waals surface area contributed by atoms with Gasteiger partial charge in [-0.3, -0.25) is 14.5 Å². The maximum atomic E-state index is 14.4. The lowest BCUT2D eigenvalue weighted by atomic mass is 10.1. The second-order valence-corrected chi connectivity index (χ2v) is 7.75. The van der Waals surface area contributed by atoms with Crippen LogP contribution in [0.3, 0.4) is 0 Å². The van der Waals surface area contributed by atoms with Crippen molar-refractivity contribution < 1.29 is 18.4 Å². The van der Waals surface area contributed by atoms with E-state index in [2.05, 4.69) is 4.90 Å². The highest BCUT2D eigenvalue weighted by Crippen LogP contribution is 2.23. The molecular weight excluding hydrogens is 388 g/mol. The van der Waals surface area contributed by atoms with Crippen LogP contribution in [-0.4, -0.2) is 60.8 Å². The molecule has 1 unspecified atom stereocenters. The number of carbonyl (C=O) groups is 2. The minimum absolute atomic E-state index is 0.0373. The fourth-order valence-corrected chi connectivity index (χ4v) is 3.79. The zero-order valence-electron chi connectivity index (χ0n) is 17.6. The normalized spacial score (nSPS) is 15.7. The van der Waals surface area contributed by atoms with Gasteiger partial charge < -0.3 is 9.80 Å². The molecule has 1 aliphatic rings. The molecule has 2 aromatic rings. The summed E-state index contributed by atoms with van der Waals surface area (Å²) in [6, 6.07) is 10.5. The number of carbonyl (C=O) groups excluding carboxylic acids is 2. The van der Waals surface area contributed by atoms with E-state index < -0.39 is 5.82 Å². The number of hydrogen-bond acceptors (Lipinski definition) is 4. The number of likely N-dealkylation sites (N-methyl/N-ethyl adjacent to an activating group) is 1. The van der Waals surface area contributed by atoms with Gasteiger partial charge in [0.25, 0.3) is 0 Å². The molecule has 160 valence electrons. The first-order valence-electron chi connectivity index (χ1n) is 10.0. The highest BCUT2D eigenvalue weighted by molar-refractivity contribution is 5.94. The van der Waals surface area contributed by atoms with E-state index in [0.717, 1.165) is 5.56 Å². The van der Waals surface area contributed by atoms with E-state index in [1.165, 1.54) is 25.1 Å². The molecule has 1 fully saturated rings. The van der Waals surface area contributed by atoms with Gasteiger partial charge in [0.05, 0.1) is 11.7 Å². The summed E-state index contributed by atoms with van der Waals surface area (Å²) in [5.74, 6) is -0.930. The zero-order valence-corrected chi connectivity index (χ0v) is 17.6. The molecule has 7 heteroatoms. The average Bonchev–Trinajstić information content (AvgIpc) is 2.72. The maximum absolute atomic E-state index is 14.4. The van der Waals surface area contributed by atoms with Gasteiger partial charge in [-0.1, -0.05) is 12.1 Å². The first-order valence-corrected chi connectivity index (χ1v) is 10.0. The van der Waals surface area contributed by atoms with Crippen molar-refractivity contribution in [2.75, 3.05) is 38.1 Å². The summed E-state index contributed by atoms with van der Waals surface area (Å²) in [4.78, 5) is 29.8. The molecule has 0 aromatic heterocycles. The summed E-state index contributed by atoms with van der Waals surface area (Å²) >= 11 is 0. The average molecular weight is 415 g/mol. The van der Waals surface area contributed by atoms with Gasteiger partial charge in [0.2, 0.25) is 5.91 Å². The predicted molar refractivity (Wildman–Crippen MR) is 113 cm³/mol. The van der Waals surface area contributed by atoms with Crippen molar-refractivity contribution in [2.24, 2.45) is 0 Å². The number of benzene rings is 2. The predicted octanol–water partition coefficient (Wildman–Crippen LogP) is 3.34. The minimum Gasteiger partial charge on any atom is -0.367 e. The van der Waals surface area contributed by atoms with E-state index in [1.807, 2.05) is 11.8 Å². The molecule has 0 bridgehead atoms. The van der Waals surface area contributed by atoms with Gasteiger partial charge in [0.15, 0.2) is 5.78 Å². The Morgan fingerprint density at radius 3 is 2.37 bits per heavy atom. The van der Waals surface area contributed by atoms with Crippen molar-refractivity contribution in [3.8, 4) is 0 Å². The summed E-state index contributed by atoms with van der Waals surface area (Å²) in [5, 5.41) is 0. The van der Waals surface area contributed by atoms with Gasteiger partial charge in [-0.05, 0) is 49.7 Å². The molecule has 0 saturated carbocycles. The summed E-state index contributed by atoms with van der Waals surface area (Å²) in [6.45, 7) is 6.03. The molecule has 0 spiro atoms. The smallest absolute Gasteiger partial charge is 0.239 e. The highest BCUT2D eigenvalue weighted by Gasteiger charge is 2.28. The monoisotopic (exact) mass is 415 g/mol. The number of anilines is 1. The second kappa shape index (κ2) is 9.34. The number of Topliss-reactive ketones (excluding diaryl/α,β-unsaturated/α-hetero) is 1. The summed E-state index contributed by atoms with van der Waals surface area (Å²) in [6.07, 6.45) is 0. The van der Waals surface area contributed by atoms with Gasteiger partial charge >= 0.3 is 0 Å². The Balaban J connectivity index is 1.57. The molecule has 0 radical (unpaired) electrons. The topological polar surface area (TPSA) is 43.9 Å². The van der Waals surface area contributed by atoms with Crippen molar-refractivity contribution in [1.29, 1.82) is 0 Å². The van der Waals surface area contributed by atoms with Gasteiger partial charge in [0, 0.05) is 45.3 Å². The summed E-state index contributed by atoms with van der Waals surface area (Å²) in [5.41, 5.74) is 1.57. The third-order valence-electron chi connectivity index (χ3n) is 5.60. The van der Waals surface area contributed by atoms with Crippen LogP contribution in [0, 0.1) is 11.6 Å². The molecule has 5 nitrogen and oxygen atoms in total. The Hall–Kier alpha value is -2.80. The van der Waals surface area contributed by atoms with Crippen LogP contribution in [0.5, 0.6) is 0 Å². The fraction of sp³-hybridized carbons (Fsp3) is 0.391. The molecule has 2 aromatic carbocycles. The molecule has 1 saturated heterocycles. The van der Waals surface area contributed by atoms with Crippen molar-refractivity contribution in [2.45, 2.75) is 26.4 Å². The van der Waals surface area contributed by atoms with Crippen molar-refractivity contribution in [3.63, 3.8) is 0 Å². The third-order valence-corrected chi connectivity index (χ3v) is 5.60. The van der Waals surface area contributed by atoms with E-state index >= 15 is 0 Å². The van der Waals surface area contributed by atoms with Crippen LogP contribution < -0.4 is 4.90 Å². The largest absolute Gasteiger partial charge is 0.367 e. The van der Waals surface area contributed by atoms with Gasteiger partial charge in [-0.2, -0.15) is 0 Å². The van der Waals surface area contributed by atoms with E-state index in [1.54, 1.807) is 36.2 Å². The van der Waals surface area contributed by atoms with Gasteiger partial charge in [-0.15, -0.1) is 0 Å². The second-order valence-electron chi connectivity index (χ2n) is 7.75. The number of rotatable bonds is 6. The summed E-state index contributed by atoms with van der Waals surface area (Å²) < 4.78 is 27.8. The van der Waals surface area contributed by atoms with Crippen molar-refractivity contribution in [3.05, 3.63) is 65.2 Å². The number of nitrogens with zero attached hydrogens (tertiary/aromatic N) is 3. The van der Waals surface area contributed by atoms with Gasteiger partial charge in [0.1, 0.15) is 11.6 Å². The van der Waals surface area contributed by atoms with Crippen LogP contribution in [0.2, 0.25) is 0 Å². The molecule has 1 amide bonds. The SMILES string of the molecule is CC(=O)c1ccc(N2CCN(C(C)C(=O)N(C)Cc3cccc(F)c3)CC2)c(F)c1. The van der Waals surface area contributed by atoms with Crippen LogP contribution in [0.4, 0.5) is 14.5 Å². The Labute approximate surface area is 175 Å². The van der Waals surface area contributed by atoms with E-state index in [4.69, 9.17) is 0 Å². The third kappa shape index (κ3) is 5.02. The number of halogens is 2. The quantitative estimate of drug-likeness (QED) is 0.679. The molecule has 1 atom stereocenters. The number of amides is 1. The van der Waals surface area contributed by atoms with E-state index in [0.29, 0.717) is 44.0 Å². The highest BCUT2D eigenvalue weighted by atomic mass is 19.1. The van der Waals surface area contributed by atoms with Crippen molar-refractivity contribution in [1.82, 2.24) is 9.80 Å². The van der Waals surface area contributed by atoms with Crippen LogP contribution in [0.1, 0.15) is 29.8 Å². The fourth-order valence-electron chi connectivity index (χ4n) is 3.79. The Bertz CT molecular complexity index is 926. The Morgan fingerprint density at radius 2 is 1.77 bits per heavy atom. The van der Waals surface area contributed by atoms with Crippen LogP contribution in [0.25, 0.3) is 0 Å². The van der Waals surface area contributed by atoms with Crippen LogP contribution in [-0.2, 0) is 11.3 Å². The Kier molecular flexibility index (Phi) is 6.82. The van der Waals surface area contributed by atoms with E-state index in [9.17, 15) is 18.4 Å². The Morgan fingerprint density at radius 1 is 1.07 bits per heavy atom. The molecular formula is C23H27F2N3O2. The molecule has 1 aliphatic heterocycles. The van der Waals surface area contributed by atoms with E-state index in [-0.39, 0.29) is 23.5 Å². The molecule has 30 heavy (non-hydrogen) atoms. The molecule has 1 heterocycles. The number of piperazine rings is 1. The molecule has 0 N–H and O–H groups in total. The first-order chi connectivity index (χ1) is 14.3. The van der Waals surface area contributed by atoms with Gasteiger partial charge in [-0.25, -0.2) is 8.78 Å². The zero-order chi connectivity index (χ0) is 21.8. The summed E-state index contributed by atoms with van der Waals surface area (Å²) in [7, 11) is 1.71. The number of ketones is 1. The minimum atomic E-state index is -0.407. The molecule has 3 rings (SSSR count). The van der Waals surface area contributed by atoms with Crippen LogP contribution in [0.15, 0.2) is 42.5 Å². The lowest BCUT2D eigenvalue weighted by molar-refractivity contribution is -0.135. The number of hydrogen-bond donors (Lipinski definition) is 0. The lowest BCUT2D eigenvalue weighted by Gasteiger charge is -2.39. The van der Waals surface area contributed by atoms with Crippen molar-refractivity contribution >= 4 is 17.4 Å². The lowest BCUT2D eigenvalue weighted by Crippen LogP contribution is -2.54. The standard InChI is InChI=1S/C23H27F2N3O2/c1-16(23(30)26(3)15-18-5-4-6-20(24)13-18)27-9-11-28(12-10-27)22-8-7-19(17(2)29)14-21(22)25/h4-8,13-14,16H,9-12,15H2,1-3H3. The van der Waals surface area contributed by atoms with Crippen LogP contribution >= 0.6 is 0 Å². The maximum Gasteiger partial charge on any atom is 0.239 e. The molecule has 0 aliphatic carbocycles. The first kappa shape index (κ1) is 21.9.